The highest BCUT2D eigenvalue weighted by Crippen LogP contribution is 2.11. The number of nitrogens with zero attached hydrogens (tertiary/aromatic N) is 2. The lowest BCUT2D eigenvalue weighted by atomic mass is 10.2. The number of aliphatic imine (C=N–C) groups is 1. The van der Waals surface area contributed by atoms with Gasteiger partial charge in [0.1, 0.15) is 5.01 Å². The van der Waals surface area contributed by atoms with Gasteiger partial charge in [0.25, 0.3) is 0 Å². The van der Waals surface area contributed by atoms with Gasteiger partial charge in [-0.05, 0) is 24.6 Å². The fourth-order valence-corrected chi connectivity index (χ4v) is 2.64. The molecule has 1 heterocycles. The van der Waals surface area contributed by atoms with Gasteiger partial charge in [-0.15, -0.1) is 11.3 Å². The van der Waals surface area contributed by atoms with Crippen LogP contribution in [0.3, 0.4) is 0 Å². The molecule has 0 aliphatic rings. The molecule has 0 saturated carbocycles. The first-order valence-corrected chi connectivity index (χ1v) is 7.47. The molecule has 0 bridgehead atoms. The fraction of sp³-hybridized carbons (Fsp3) is 0.286. The lowest BCUT2D eigenvalue weighted by Crippen LogP contribution is -2.36. The van der Waals surface area contributed by atoms with E-state index in [-0.39, 0.29) is 0 Å². The van der Waals surface area contributed by atoms with Gasteiger partial charge in [0.15, 0.2) is 5.96 Å². The number of hydrogen-bond donors (Lipinski definition) is 2. The lowest BCUT2D eigenvalue weighted by Gasteiger charge is -2.11. The summed E-state index contributed by atoms with van der Waals surface area (Å²) in [5.41, 5.74) is 1.12. The van der Waals surface area contributed by atoms with Crippen LogP contribution >= 0.6 is 22.9 Å². The van der Waals surface area contributed by atoms with Crippen molar-refractivity contribution in [1.82, 2.24) is 15.6 Å². The Bertz CT molecular complexity index is 594. The van der Waals surface area contributed by atoms with Crippen molar-refractivity contribution in [1.29, 1.82) is 0 Å². The Kier molecular flexibility index (Phi) is 5.38. The van der Waals surface area contributed by atoms with Crippen LogP contribution in [0.15, 0.2) is 35.5 Å². The Morgan fingerprint density at radius 3 is 2.80 bits per heavy atom. The quantitative estimate of drug-likeness (QED) is 0.674. The molecule has 2 aromatic rings. The van der Waals surface area contributed by atoms with Gasteiger partial charge >= 0.3 is 0 Å². The van der Waals surface area contributed by atoms with Crippen LogP contribution in [0.25, 0.3) is 0 Å². The molecule has 4 nitrogen and oxygen atoms in total. The van der Waals surface area contributed by atoms with Crippen molar-refractivity contribution in [3.05, 3.63) is 50.9 Å². The minimum Gasteiger partial charge on any atom is -0.352 e. The molecule has 0 unspecified atom stereocenters. The Hall–Kier alpha value is -1.59. The molecule has 0 saturated heterocycles. The molecular formula is C14H17ClN4S. The summed E-state index contributed by atoms with van der Waals surface area (Å²) >= 11 is 7.64. The summed E-state index contributed by atoms with van der Waals surface area (Å²) in [7, 11) is 1.75. The number of aryl methyl sites for hydroxylation is 1. The Morgan fingerprint density at radius 2 is 2.15 bits per heavy atom. The van der Waals surface area contributed by atoms with Crippen LogP contribution < -0.4 is 10.6 Å². The van der Waals surface area contributed by atoms with Crippen molar-refractivity contribution in [2.24, 2.45) is 4.99 Å². The highest BCUT2D eigenvalue weighted by atomic mass is 35.5. The average molecular weight is 309 g/mol. The molecule has 0 fully saturated rings. The maximum atomic E-state index is 5.96. The zero-order valence-electron chi connectivity index (χ0n) is 11.5. The average Bonchev–Trinajstić information content (AvgIpc) is 2.85. The standard InChI is InChI=1S/C14H17ClN4S/c1-10-7-17-13(20-10)9-19-14(16-2)18-8-11-4-3-5-12(15)6-11/h3-7H,8-9H2,1-2H3,(H2,16,18,19). The molecule has 0 atom stereocenters. The van der Waals surface area contributed by atoms with Gasteiger partial charge in [-0.2, -0.15) is 0 Å². The molecule has 106 valence electrons. The lowest BCUT2D eigenvalue weighted by molar-refractivity contribution is 0.805. The van der Waals surface area contributed by atoms with Crippen molar-refractivity contribution >= 4 is 28.9 Å². The van der Waals surface area contributed by atoms with Gasteiger partial charge in [0, 0.05) is 29.7 Å². The summed E-state index contributed by atoms with van der Waals surface area (Å²) in [5.74, 6) is 0.748. The minimum absolute atomic E-state index is 0.674. The van der Waals surface area contributed by atoms with Gasteiger partial charge in [-0.25, -0.2) is 4.98 Å². The van der Waals surface area contributed by atoms with Gasteiger partial charge in [-0.1, -0.05) is 23.7 Å². The third-order valence-corrected chi connectivity index (χ3v) is 3.80. The number of guanidine groups is 1. The van der Waals surface area contributed by atoms with Crippen molar-refractivity contribution in [2.75, 3.05) is 7.05 Å². The summed E-state index contributed by atoms with van der Waals surface area (Å²) in [4.78, 5) is 9.71. The molecule has 1 aromatic heterocycles. The number of benzene rings is 1. The number of aromatic nitrogens is 1. The molecule has 2 N–H and O–H groups in total. The smallest absolute Gasteiger partial charge is 0.191 e. The van der Waals surface area contributed by atoms with Gasteiger partial charge in [-0.3, -0.25) is 4.99 Å². The first kappa shape index (κ1) is 14.8. The van der Waals surface area contributed by atoms with Gasteiger partial charge < -0.3 is 10.6 Å². The Balaban J connectivity index is 1.84. The molecule has 0 amide bonds. The zero-order valence-corrected chi connectivity index (χ0v) is 13.1. The Morgan fingerprint density at radius 1 is 1.35 bits per heavy atom. The number of halogens is 1. The Labute approximate surface area is 127 Å². The molecule has 20 heavy (non-hydrogen) atoms. The van der Waals surface area contributed by atoms with Crippen molar-refractivity contribution in [3.8, 4) is 0 Å². The number of rotatable bonds is 4. The number of hydrogen-bond acceptors (Lipinski definition) is 3. The van der Waals surface area contributed by atoms with E-state index in [2.05, 4.69) is 20.6 Å². The number of nitrogens with one attached hydrogen (secondary N) is 2. The predicted octanol–water partition coefficient (Wildman–Crippen LogP) is 2.97. The van der Waals surface area contributed by atoms with Crippen LogP contribution in [-0.2, 0) is 13.1 Å². The van der Waals surface area contributed by atoms with E-state index in [1.54, 1.807) is 18.4 Å². The second-order valence-electron chi connectivity index (χ2n) is 4.27. The van der Waals surface area contributed by atoms with E-state index >= 15 is 0 Å². The third-order valence-electron chi connectivity index (χ3n) is 2.65. The van der Waals surface area contributed by atoms with Gasteiger partial charge in [0.05, 0.1) is 6.54 Å². The van der Waals surface area contributed by atoms with Crippen molar-refractivity contribution in [3.63, 3.8) is 0 Å². The van der Waals surface area contributed by atoms with Crippen molar-refractivity contribution < 1.29 is 0 Å². The largest absolute Gasteiger partial charge is 0.352 e. The van der Waals surface area contributed by atoms with E-state index in [0.29, 0.717) is 13.1 Å². The molecular weight excluding hydrogens is 292 g/mol. The van der Waals surface area contributed by atoms with Crippen LogP contribution in [0.4, 0.5) is 0 Å². The molecule has 1 aromatic carbocycles. The van der Waals surface area contributed by atoms with E-state index in [1.165, 1.54) is 4.88 Å². The van der Waals surface area contributed by atoms with Crippen LogP contribution in [0.2, 0.25) is 5.02 Å². The summed E-state index contributed by atoms with van der Waals surface area (Å²) in [6.07, 6.45) is 1.88. The summed E-state index contributed by atoms with van der Waals surface area (Å²) < 4.78 is 0. The monoisotopic (exact) mass is 308 g/mol. The SMILES string of the molecule is CN=C(NCc1cccc(Cl)c1)NCc1ncc(C)s1. The topological polar surface area (TPSA) is 49.3 Å². The maximum absolute atomic E-state index is 5.96. The van der Waals surface area contributed by atoms with E-state index in [1.807, 2.05) is 37.4 Å². The van der Waals surface area contributed by atoms with Crippen molar-refractivity contribution in [2.45, 2.75) is 20.0 Å². The third kappa shape index (κ3) is 4.51. The first-order chi connectivity index (χ1) is 9.67. The molecule has 0 aliphatic heterocycles. The highest BCUT2D eigenvalue weighted by Gasteiger charge is 2.02. The molecule has 0 spiro atoms. The van der Waals surface area contributed by atoms with Crippen LogP contribution in [0, 0.1) is 6.92 Å². The maximum Gasteiger partial charge on any atom is 0.191 e. The van der Waals surface area contributed by atoms with Crippen LogP contribution in [0.1, 0.15) is 15.4 Å². The zero-order chi connectivity index (χ0) is 14.4. The molecule has 2 rings (SSSR count). The van der Waals surface area contributed by atoms with E-state index in [9.17, 15) is 0 Å². The summed E-state index contributed by atoms with van der Waals surface area (Å²) in [6, 6.07) is 7.76. The first-order valence-electron chi connectivity index (χ1n) is 6.27. The van der Waals surface area contributed by atoms with Crippen LogP contribution in [0.5, 0.6) is 0 Å². The second-order valence-corrected chi connectivity index (χ2v) is 6.03. The van der Waals surface area contributed by atoms with Gasteiger partial charge in [0.2, 0.25) is 0 Å². The summed E-state index contributed by atoms with van der Waals surface area (Å²) in [5, 5.41) is 8.28. The fourth-order valence-electron chi connectivity index (χ4n) is 1.70. The normalized spacial score (nSPS) is 11.4. The predicted molar refractivity (Wildman–Crippen MR) is 85.3 cm³/mol. The summed E-state index contributed by atoms with van der Waals surface area (Å²) in [6.45, 7) is 3.40. The second kappa shape index (κ2) is 7.26. The van der Waals surface area contributed by atoms with E-state index in [0.717, 1.165) is 21.6 Å². The minimum atomic E-state index is 0.674. The van der Waals surface area contributed by atoms with Crippen LogP contribution in [-0.4, -0.2) is 18.0 Å². The number of thiazole rings is 1. The molecule has 0 radical (unpaired) electrons. The van der Waals surface area contributed by atoms with E-state index in [4.69, 9.17) is 11.6 Å². The highest BCUT2D eigenvalue weighted by molar-refractivity contribution is 7.11. The molecule has 6 heteroatoms. The molecule has 0 aliphatic carbocycles. The van der Waals surface area contributed by atoms with E-state index < -0.39 is 0 Å².